The summed E-state index contributed by atoms with van der Waals surface area (Å²) >= 11 is 6.67. The normalized spacial score (nSPS) is 15.8. The molecule has 1 aromatic heterocycles. The van der Waals surface area contributed by atoms with Gasteiger partial charge in [0.2, 0.25) is 0 Å². The molecule has 2 aliphatic heterocycles. The number of amides is 2. The van der Waals surface area contributed by atoms with E-state index >= 15 is 0 Å². The number of carbonyl (C=O) groups is 1. The predicted molar refractivity (Wildman–Crippen MR) is 148 cm³/mol. The third kappa shape index (κ3) is 4.27. The Hall–Kier alpha value is -3.61. The van der Waals surface area contributed by atoms with Gasteiger partial charge in [0, 0.05) is 43.7 Å². The lowest BCUT2D eigenvalue weighted by molar-refractivity contribution is 0.257. The van der Waals surface area contributed by atoms with Crippen molar-refractivity contribution in [3.8, 4) is 11.1 Å². The number of anilines is 3. The largest absolute Gasteiger partial charge is 0.368 e. The number of likely N-dealkylation sites (N-methyl/N-ethyl adjacent to an activating group) is 1. The number of halogens is 1. The Labute approximate surface area is 216 Å². The summed E-state index contributed by atoms with van der Waals surface area (Å²) in [5, 5.41) is 4.83. The van der Waals surface area contributed by atoms with Crippen LogP contribution in [0.5, 0.6) is 0 Å². The Bertz CT molecular complexity index is 1430. The van der Waals surface area contributed by atoms with Gasteiger partial charge >= 0.3 is 6.03 Å². The third-order valence-corrected chi connectivity index (χ3v) is 7.48. The maximum atomic E-state index is 13.4. The van der Waals surface area contributed by atoms with Crippen molar-refractivity contribution in [3.05, 3.63) is 83.4 Å². The van der Waals surface area contributed by atoms with Gasteiger partial charge in [0.25, 0.3) is 0 Å². The van der Waals surface area contributed by atoms with Gasteiger partial charge in [-0.05, 0) is 48.9 Å². The molecule has 3 heterocycles. The Morgan fingerprint density at radius 2 is 1.69 bits per heavy atom. The van der Waals surface area contributed by atoms with Crippen molar-refractivity contribution in [1.29, 1.82) is 0 Å². The first kappa shape index (κ1) is 22.8. The summed E-state index contributed by atoms with van der Waals surface area (Å²) in [6.07, 6.45) is 0.787. The molecule has 1 saturated heterocycles. The van der Waals surface area contributed by atoms with Crippen molar-refractivity contribution in [1.82, 2.24) is 9.88 Å². The molecule has 1 fully saturated rings. The highest BCUT2D eigenvalue weighted by atomic mass is 35.5. The van der Waals surface area contributed by atoms with E-state index in [4.69, 9.17) is 16.6 Å². The number of aromatic nitrogens is 1. The van der Waals surface area contributed by atoms with Crippen LogP contribution in [-0.2, 0) is 6.42 Å². The van der Waals surface area contributed by atoms with E-state index in [-0.39, 0.29) is 6.03 Å². The summed E-state index contributed by atoms with van der Waals surface area (Å²) < 4.78 is 0. The number of carbonyl (C=O) groups excluding carboxylic acids is 1. The lowest BCUT2D eigenvalue weighted by atomic mass is 10.0. The first-order chi connectivity index (χ1) is 17.6. The van der Waals surface area contributed by atoms with Gasteiger partial charge in [0.05, 0.1) is 21.9 Å². The van der Waals surface area contributed by atoms with Gasteiger partial charge in [-0.1, -0.05) is 60.1 Å². The van der Waals surface area contributed by atoms with E-state index in [9.17, 15) is 4.79 Å². The summed E-state index contributed by atoms with van der Waals surface area (Å²) in [5.41, 5.74) is 6.04. The van der Waals surface area contributed by atoms with E-state index in [1.165, 1.54) is 0 Å². The molecule has 2 aliphatic rings. The lowest BCUT2D eigenvalue weighted by Crippen LogP contribution is -2.44. The summed E-state index contributed by atoms with van der Waals surface area (Å²) in [5.74, 6) is 0.539. The average Bonchev–Trinajstić information content (AvgIpc) is 3.31. The Kier molecular flexibility index (Phi) is 5.99. The number of piperazine rings is 1. The van der Waals surface area contributed by atoms with Gasteiger partial charge in [-0.3, -0.25) is 10.2 Å². The highest BCUT2D eigenvalue weighted by Gasteiger charge is 2.28. The van der Waals surface area contributed by atoms with E-state index in [1.54, 1.807) is 4.90 Å². The van der Waals surface area contributed by atoms with Crippen molar-refractivity contribution < 1.29 is 4.79 Å². The highest BCUT2D eigenvalue weighted by Crippen LogP contribution is 2.38. The molecule has 0 saturated carbocycles. The predicted octanol–water partition coefficient (Wildman–Crippen LogP) is 5.90. The number of benzene rings is 3. The number of fused-ring (bicyclic) bond motifs is 2. The van der Waals surface area contributed by atoms with E-state index in [0.717, 1.165) is 76.6 Å². The maximum absolute atomic E-state index is 13.4. The molecule has 1 N–H and O–H groups in total. The molecule has 2 amide bonds. The molecule has 0 spiro atoms. The Balaban J connectivity index is 1.27. The fourth-order valence-electron chi connectivity index (χ4n) is 5.14. The lowest BCUT2D eigenvalue weighted by Gasteiger charge is -2.35. The molecule has 0 bridgehead atoms. The number of hydrogen-bond acceptors (Lipinski definition) is 4. The Morgan fingerprint density at radius 1 is 0.889 bits per heavy atom. The second-order valence-electron chi connectivity index (χ2n) is 9.49. The van der Waals surface area contributed by atoms with Crippen LogP contribution in [0, 0.1) is 0 Å². The molecule has 3 aromatic carbocycles. The van der Waals surface area contributed by atoms with Gasteiger partial charge in [0.15, 0.2) is 0 Å². The molecule has 36 heavy (non-hydrogen) atoms. The number of nitrogens with one attached hydrogen (secondary N) is 1. The van der Waals surface area contributed by atoms with Crippen molar-refractivity contribution >= 4 is 45.7 Å². The van der Waals surface area contributed by atoms with Crippen LogP contribution in [0.1, 0.15) is 5.56 Å². The third-order valence-electron chi connectivity index (χ3n) is 7.17. The number of para-hydroxylation sites is 1. The topological polar surface area (TPSA) is 51.7 Å². The first-order valence-corrected chi connectivity index (χ1v) is 12.7. The average molecular weight is 498 g/mol. The zero-order valence-electron chi connectivity index (χ0n) is 20.2. The van der Waals surface area contributed by atoms with Crippen LogP contribution in [-0.4, -0.2) is 55.7 Å². The molecule has 6 nitrogen and oxygen atoms in total. The van der Waals surface area contributed by atoms with Crippen molar-refractivity contribution in [2.75, 3.05) is 54.9 Å². The van der Waals surface area contributed by atoms with Gasteiger partial charge in [-0.15, -0.1) is 0 Å². The van der Waals surface area contributed by atoms with E-state index in [1.807, 2.05) is 48.5 Å². The van der Waals surface area contributed by atoms with Crippen LogP contribution < -0.4 is 15.1 Å². The van der Waals surface area contributed by atoms with Crippen molar-refractivity contribution in [3.63, 3.8) is 0 Å². The summed E-state index contributed by atoms with van der Waals surface area (Å²) in [6, 6.07) is 24.1. The number of nitrogens with zero attached hydrogens (tertiary/aromatic N) is 4. The Morgan fingerprint density at radius 3 is 2.50 bits per heavy atom. The standard InChI is InChI=1S/C29H28ClN5O/c1-33-14-16-34(17-15-33)26-19-25-22(18-24(26)30)12-13-35(25)29(36)32-27-11-10-21-8-5-9-23(28(21)31-27)20-6-3-2-4-7-20/h2-11,18-19H,12-17H2,1H3,(H,31,32,36). The SMILES string of the molecule is CN1CCN(c2cc3c(cc2Cl)CCN3C(=O)Nc2ccc3cccc(-c4ccccc4)c3n2)CC1. The van der Waals surface area contributed by atoms with Crippen LogP contribution in [0.15, 0.2) is 72.8 Å². The van der Waals surface area contributed by atoms with Crippen LogP contribution in [0.25, 0.3) is 22.0 Å². The van der Waals surface area contributed by atoms with Crippen molar-refractivity contribution in [2.45, 2.75) is 6.42 Å². The second-order valence-corrected chi connectivity index (χ2v) is 9.90. The van der Waals surface area contributed by atoms with E-state index < -0.39 is 0 Å². The minimum atomic E-state index is -0.176. The van der Waals surface area contributed by atoms with Gasteiger partial charge in [-0.25, -0.2) is 9.78 Å². The zero-order chi connectivity index (χ0) is 24.6. The smallest absolute Gasteiger partial charge is 0.327 e. The number of rotatable bonds is 3. The van der Waals surface area contributed by atoms with E-state index in [2.05, 4.69) is 46.4 Å². The monoisotopic (exact) mass is 497 g/mol. The molecule has 4 aromatic rings. The molecular weight excluding hydrogens is 470 g/mol. The molecule has 0 radical (unpaired) electrons. The van der Waals surface area contributed by atoms with Crippen LogP contribution in [0.4, 0.5) is 22.0 Å². The zero-order valence-corrected chi connectivity index (χ0v) is 21.0. The summed E-state index contributed by atoms with van der Waals surface area (Å²) in [7, 11) is 2.14. The summed E-state index contributed by atoms with van der Waals surface area (Å²) in [4.78, 5) is 24.7. The van der Waals surface area contributed by atoms with Gasteiger partial charge in [-0.2, -0.15) is 0 Å². The molecule has 0 atom stereocenters. The van der Waals surface area contributed by atoms with Crippen LogP contribution >= 0.6 is 11.6 Å². The summed E-state index contributed by atoms with van der Waals surface area (Å²) in [6.45, 7) is 4.46. The number of hydrogen-bond donors (Lipinski definition) is 1. The molecule has 7 heteroatoms. The van der Waals surface area contributed by atoms with Gasteiger partial charge in [0.1, 0.15) is 5.82 Å². The van der Waals surface area contributed by atoms with Gasteiger partial charge < -0.3 is 9.80 Å². The fourth-order valence-corrected chi connectivity index (χ4v) is 5.45. The number of urea groups is 1. The minimum absolute atomic E-state index is 0.176. The van der Waals surface area contributed by atoms with Crippen molar-refractivity contribution in [2.24, 2.45) is 0 Å². The quantitative estimate of drug-likeness (QED) is 0.383. The molecule has 0 unspecified atom stereocenters. The minimum Gasteiger partial charge on any atom is -0.368 e. The molecule has 6 rings (SSSR count). The fraction of sp³-hybridized carbons (Fsp3) is 0.241. The second kappa shape index (κ2) is 9.45. The molecular formula is C29H28ClN5O. The highest BCUT2D eigenvalue weighted by molar-refractivity contribution is 6.33. The first-order valence-electron chi connectivity index (χ1n) is 12.4. The van der Waals surface area contributed by atoms with E-state index in [0.29, 0.717) is 12.4 Å². The maximum Gasteiger partial charge on any atom is 0.327 e. The van der Waals surface area contributed by atoms with Crippen LogP contribution in [0.3, 0.4) is 0 Å². The molecule has 182 valence electrons. The number of pyridine rings is 1. The molecule has 0 aliphatic carbocycles. The van der Waals surface area contributed by atoms with Crippen LogP contribution in [0.2, 0.25) is 5.02 Å².